The second kappa shape index (κ2) is 4.20. The van der Waals surface area contributed by atoms with Gasteiger partial charge in [0.25, 0.3) is 0 Å². The highest BCUT2D eigenvalue weighted by molar-refractivity contribution is 6.21. The summed E-state index contributed by atoms with van der Waals surface area (Å²) in [5, 5.41) is 0.333. The van der Waals surface area contributed by atoms with Gasteiger partial charge in [0.15, 0.2) is 0 Å². The Kier molecular flexibility index (Phi) is 2.82. The first-order valence-electron chi connectivity index (χ1n) is 6.58. The van der Waals surface area contributed by atoms with E-state index in [4.69, 9.17) is 16.3 Å². The number of benzene rings is 1. The van der Waals surface area contributed by atoms with E-state index in [-0.39, 0.29) is 5.41 Å². The standard InChI is InChI=1S/C15H19ClO/c1-11-5-4-6-12(9-11)17-14-10-13(16)15(14)7-2-3-8-15/h4-6,9,13-14H,2-3,7-8,10H2,1H3. The van der Waals surface area contributed by atoms with Crippen LogP contribution in [0.5, 0.6) is 5.75 Å². The maximum atomic E-state index is 6.42. The van der Waals surface area contributed by atoms with E-state index in [1.807, 2.05) is 0 Å². The topological polar surface area (TPSA) is 9.23 Å². The highest BCUT2D eigenvalue weighted by atomic mass is 35.5. The summed E-state index contributed by atoms with van der Waals surface area (Å²) in [5.41, 5.74) is 1.54. The highest BCUT2D eigenvalue weighted by Gasteiger charge is 2.56. The average Bonchev–Trinajstić information content (AvgIpc) is 2.80. The number of halogens is 1. The molecular formula is C15H19ClO. The maximum Gasteiger partial charge on any atom is 0.120 e. The van der Waals surface area contributed by atoms with Gasteiger partial charge in [-0.3, -0.25) is 0 Å². The van der Waals surface area contributed by atoms with Crippen molar-refractivity contribution in [3.05, 3.63) is 29.8 Å². The summed E-state index contributed by atoms with van der Waals surface area (Å²) < 4.78 is 6.15. The summed E-state index contributed by atoms with van der Waals surface area (Å²) >= 11 is 6.42. The molecule has 92 valence electrons. The quantitative estimate of drug-likeness (QED) is 0.711. The molecule has 2 saturated carbocycles. The molecule has 0 radical (unpaired) electrons. The van der Waals surface area contributed by atoms with Crippen molar-refractivity contribution in [2.45, 2.75) is 50.5 Å². The van der Waals surface area contributed by atoms with Crippen molar-refractivity contribution in [2.24, 2.45) is 5.41 Å². The Bertz CT molecular complexity index is 409. The SMILES string of the molecule is Cc1cccc(OC2CC(Cl)C23CCCC3)c1. The molecule has 0 bridgehead atoms. The van der Waals surface area contributed by atoms with Crippen LogP contribution in [0.4, 0.5) is 0 Å². The van der Waals surface area contributed by atoms with Gasteiger partial charge in [0.1, 0.15) is 11.9 Å². The fourth-order valence-electron chi connectivity index (χ4n) is 3.39. The highest BCUT2D eigenvalue weighted by Crippen LogP contribution is 2.57. The predicted molar refractivity (Wildman–Crippen MR) is 70.8 cm³/mol. The molecule has 2 heteroatoms. The zero-order chi connectivity index (χ0) is 11.9. The van der Waals surface area contributed by atoms with Gasteiger partial charge in [-0.1, -0.05) is 25.0 Å². The van der Waals surface area contributed by atoms with Crippen LogP contribution < -0.4 is 4.74 Å². The minimum absolute atomic E-state index is 0.283. The lowest BCUT2D eigenvalue weighted by molar-refractivity contribution is -0.0355. The van der Waals surface area contributed by atoms with Crippen LogP contribution in [0, 0.1) is 12.3 Å². The van der Waals surface area contributed by atoms with Gasteiger partial charge in [-0.2, -0.15) is 0 Å². The Morgan fingerprint density at radius 1 is 1.29 bits per heavy atom. The lowest BCUT2D eigenvalue weighted by Gasteiger charge is -2.50. The van der Waals surface area contributed by atoms with Crippen LogP contribution in [0.1, 0.15) is 37.7 Å². The van der Waals surface area contributed by atoms with E-state index in [1.165, 1.54) is 31.2 Å². The lowest BCUT2D eigenvalue weighted by atomic mass is 9.64. The van der Waals surface area contributed by atoms with Crippen molar-refractivity contribution in [1.29, 1.82) is 0 Å². The first-order chi connectivity index (χ1) is 8.21. The predicted octanol–water partition coefficient (Wildman–Crippen LogP) is 4.31. The zero-order valence-electron chi connectivity index (χ0n) is 10.3. The molecule has 17 heavy (non-hydrogen) atoms. The van der Waals surface area contributed by atoms with E-state index >= 15 is 0 Å². The summed E-state index contributed by atoms with van der Waals surface area (Å²) in [6, 6.07) is 8.33. The summed E-state index contributed by atoms with van der Waals surface area (Å²) in [7, 11) is 0. The van der Waals surface area contributed by atoms with Crippen LogP contribution >= 0.6 is 11.6 Å². The third-order valence-corrected chi connectivity index (χ3v) is 5.10. The Morgan fingerprint density at radius 3 is 2.71 bits per heavy atom. The Morgan fingerprint density at radius 2 is 2.06 bits per heavy atom. The minimum Gasteiger partial charge on any atom is -0.490 e. The fraction of sp³-hybridized carbons (Fsp3) is 0.600. The monoisotopic (exact) mass is 250 g/mol. The van der Waals surface area contributed by atoms with Crippen LogP contribution in [-0.2, 0) is 0 Å². The molecule has 0 amide bonds. The number of ether oxygens (including phenoxy) is 1. The molecular weight excluding hydrogens is 232 g/mol. The van der Waals surface area contributed by atoms with E-state index in [0.29, 0.717) is 11.5 Å². The van der Waals surface area contributed by atoms with Gasteiger partial charge in [0.2, 0.25) is 0 Å². The summed E-state index contributed by atoms with van der Waals surface area (Å²) in [6.07, 6.45) is 6.48. The summed E-state index contributed by atoms with van der Waals surface area (Å²) in [4.78, 5) is 0. The van der Waals surface area contributed by atoms with E-state index < -0.39 is 0 Å². The van der Waals surface area contributed by atoms with Crippen molar-refractivity contribution < 1.29 is 4.74 Å². The average molecular weight is 251 g/mol. The zero-order valence-corrected chi connectivity index (χ0v) is 11.0. The molecule has 1 aromatic rings. The van der Waals surface area contributed by atoms with Gasteiger partial charge in [-0.15, -0.1) is 11.6 Å². The smallest absolute Gasteiger partial charge is 0.120 e. The molecule has 0 saturated heterocycles. The van der Waals surface area contributed by atoms with Crippen molar-refractivity contribution in [3.63, 3.8) is 0 Å². The molecule has 2 aliphatic rings. The second-order valence-electron chi connectivity index (χ2n) is 5.57. The van der Waals surface area contributed by atoms with Crippen molar-refractivity contribution in [2.75, 3.05) is 0 Å². The summed E-state index contributed by atoms with van der Waals surface area (Å²) in [5.74, 6) is 1.00. The van der Waals surface area contributed by atoms with Crippen LogP contribution in [0.3, 0.4) is 0 Å². The molecule has 2 fully saturated rings. The van der Waals surface area contributed by atoms with Crippen LogP contribution in [0.25, 0.3) is 0 Å². The normalized spacial score (nSPS) is 30.2. The number of rotatable bonds is 2. The molecule has 2 aliphatic carbocycles. The molecule has 0 heterocycles. The first kappa shape index (κ1) is 11.4. The summed E-state index contributed by atoms with van der Waals surface area (Å²) in [6.45, 7) is 2.10. The van der Waals surface area contributed by atoms with Gasteiger partial charge < -0.3 is 4.74 Å². The van der Waals surface area contributed by atoms with E-state index in [0.717, 1.165) is 12.2 Å². The molecule has 1 spiro atoms. The molecule has 0 N–H and O–H groups in total. The van der Waals surface area contributed by atoms with E-state index in [2.05, 4.69) is 31.2 Å². The molecule has 2 unspecified atom stereocenters. The Hall–Kier alpha value is -0.690. The third-order valence-electron chi connectivity index (χ3n) is 4.49. The van der Waals surface area contributed by atoms with Gasteiger partial charge in [0.05, 0.1) is 0 Å². The molecule has 1 nitrogen and oxygen atoms in total. The number of hydrogen-bond donors (Lipinski definition) is 0. The van der Waals surface area contributed by atoms with Crippen LogP contribution in [-0.4, -0.2) is 11.5 Å². The Labute approximate surface area is 108 Å². The second-order valence-corrected chi connectivity index (χ2v) is 6.09. The maximum absolute atomic E-state index is 6.42. The molecule has 1 aromatic carbocycles. The Balaban J connectivity index is 1.74. The first-order valence-corrected chi connectivity index (χ1v) is 7.02. The lowest BCUT2D eigenvalue weighted by Crippen LogP contribution is -2.55. The number of aryl methyl sites for hydroxylation is 1. The number of hydrogen-bond acceptors (Lipinski definition) is 1. The van der Waals surface area contributed by atoms with Crippen molar-refractivity contribution in [1.82, 2.24) is 0 Å². The van der Waals surface area contributed by atoms with Crippen LogP contribution in [0.15, 0.2) is 24.3 Å². The number of alkyl halides is 1. The largest absolute Gasteiger partial charge is 0.490 e. The molecule has 3 rings (SSSR count). The van der Waals surface area contributed by atoms with Crippen molar-refractivity contribution in [3.8, 4) is 5.75 Å². The van der Waals surface area contributed by atoms with E-state index in [1.54, 1.807) is 0 Å². The van der Waals surface area contributed by atoms with Crippen LogP contribution in [0.2, 0.25) is 0 Å². The fourth-order valence-corrected chi connectivity index (χ4v) is 3.91. The molecule has 2 atom stereocenters. The van der Waals surface area contributed by atoms with Gasteiger partial charge in [0, 0.05) is 17.2 Å². The molecule has 0 aromatic heterocycles. The third kappa shape index (κ3) is 1.85. The minimum atomic E-state index is 0.283. The van der Waals surface area contributed by atoms with Gasteiger partial charge >= 0.3 is 0 Å². The van der Waals surface area contributed by atoms with E-state index in [9.17, 15) is 0 Å². The van der Waals surface area contributed by atoms with Gasteiger partial charge in [-0.05, 0) is 37.5 Å². The van der Waals surface area contributed by atoms with Crippen molar-refractivity contribution >= 4 is 11.6 Å². The molecule has 0 aliphatic heterocycles. The van der Waals surface area contributed by atoms with Gasteiger partial charge in [-0.25, -0.2) is 0 Å².